The molecule has 0 radical (unpaired) electrons. The van der Waals surface area contributed by atoms with Crippen molar-refractivity contribution < 1.29 is 4.74 Å². The number of anilines is 4. The number of nitrogens with zero attached hydrogens (tertiary/aromatic N) is 5. The smallest absolute Gasteiger partial charge is 0.231 e. The van der Waals surface area contributed by atoms with Crippen LogP contribution in [-0.2, 0) is 11.3 Å². The van der Waals surface area contributed by atoms with Crippen LogP contribution in [0.2, 0.25) is 0 Å². The van der Waals surface area contributed by atoms with Gasteiger partial charge in [-0.3, -0.25) is 0 Å². The molecule has 0 spiro atoms. The second-order valence-corrected chi connectivity index (χ2v) is 9.62. The van der Waals surface area contributed by atoms with E-state index in [9.17, 15) is 0 Å². The van der Waals surface area contributed by atoms with Crippen LogP contribution in [0.1, 0.15) is 43.7 Å². The van der Waals surface area contributed by atoms with Gasteiger partial charge in [0.05, 0.1) is 19.5 Å². The summed E-state index contributed by atoms with van der Waals surface area (Å²) in [4.78, 5) is 16.9. The van der Waals surface area contributed by atoms with Crippen LogP contribution in [0.5, 0.6) is 0 Å². The Balaban J connectivity index is 1.29. The molecule has 0 bridgehead atoms. The van der Waals surface area contributed by atoms with Gasteiger partial charge in [-0.2, -0.15) is 9.97 Å². The van der Waals surface area contributed by atoms with E-state index in [0.717, 1.165) is 49.0 Å². The molecular weight excluding hydrogens is 450 g/mol. The second-order valence-electron chi connectivity index (χ2n) is 9.62. The molecule has 1 aliphatic heterocycles. The summed E-state index contributed by atoms with van der Waals surface area (Å²) in [6.07, 6.45) is 8.13. The summed E-state index contributed by atoms with van der Waals surface area (Å²) in [5, 5.41) is 6.95. The Labute approximate surface area is 211 Å². The monoisotopic (exact) mass is 483 g/mol. The third kappa shape index (κ3) is 4.99. The number of hydrogen-bond acceptors (Lipinski definition) is 7. The average molecular weight is 484 g/mol. The highest BCUT2D eigenvalue weighted by Crippen LogP contribution is 2.32. The van der Waals surface area contributed by atoms with E-state index in [4.69, 9.17) is 19.7 Å². The highest BCUT2D eigenvalue weighted by Gasteiger charge is 2.21. The fourth-order valence-electron chi connectivity index (χ4n) is 5.21. The lowest BCUT2D eigenvalue weighted by molar-refractivity contribution is 0.122. The number of nitrogens with one attached hydrogen (secondary N) is 2. The molecule has 8 heteroatoms. The molecule has 1 saturated carbocycles. The van der Waals surface area contributed by atoms with Crippen LogP contribution in [0.4, 0.5) is 23.1 Å². The normalized spacial score (nSPS) is 16.8. The molecule has 8 nitrogen and oxygen atoms in total. The van der Waals surface area contributed by atoms with E-state index in [1.54, 1.807) is 0 Å². The Morgan fingerprint density at radius 2 is 1.67 bits per heavy atom. The SMILES string of the molecule is c1ccc(CNc2nc(Nc3ccc(N4CCOCC4)cc3)nc3c2ncn3C2CCCCC2)cc1. The minimum Gasteiger partial charge on any atom is -0.378 e. The van der Waals surface area contributed by atoms with Crippen LogP contribution >= 0.6 is 0 Å². The summed E-state index contributed by atoms with van der Waals surface area (Å²) in [6.45, 7) is 4.09. The Hall–Kier alpha value is -3.65. The van der Waals surface area contributed by atoms with Gasteiger partial charge in [0.1, 0.15) is 0 Å². The van der Waals surface area contributed by atoms with Crippen LogP contribution in [0.15, 0.2) is 60.9 Å². The summed E-state index contributed by atoms with van der Waals surface area (Å²) in [5.74, 6) is 1.33. The zero-order valence-corrected chi connectivity index (χ0v) is 20.6. The lowest BCUT2D eigenvalue weighted by Crippen LogP contribution is -2.36. The molecular formula is C28H33N7O. The molecule has 36 heavy (non-hydrogen) atoms. The molecule has 2 N–H and O–H groups in total. The highest BCUT2D eigenvalue weighted by molar-refractivity contribution is 5.85. The largest absolute Gasteiger partial charge is 0.378 e. The molecule has 1 aliphatic carbocycles. The maximum atomic E-state index is 5.48. The first-order valence-electron chi connectivity index (χ1n) is 13.1. The highest BCUT2D eigenvalue weighted by atomic mass is 16.5. The van der Waals surface area contributed by atoms with Gasteiger partial charge in [0, 0.05) is 37.1 Å². The number of imidazole rings is 1. The van der Waals surface area contributed by atoms with Gasteiger partial charge >= 0.3 is 0 Å². The number of fused-ring (bicyclic) bond motifs is 1. The van der Waals surface area contributed by atoms with Crippen LogP contribution in [0.3, 0.4) is 0 Å². The van der Waals surface area contributed by atoms with Gasteiger partial charge in [0.15, 0.2) is 17.0 Å². The Morgan fingerprint density at radius 1 is 0.889 bits per heavy atom. The summed E-state index contributed by atoms with van der Waals surface area (Å²) < 4.78 is 7.74. The first-order chi connectivity index (χ1) is 17.8. The zero-order chi connectivity index (χ0) is 24.2. The van der Waals surface area contributed by atoms with Crippen molar-refractivity contribution >= 4 is 34.3 Å². The fourth-order valence-corrected chi connectivity index (χ4v) is 5.21. The first kappa shape index (κ1) is 22.8. The van der Waals surface area contributed by atoms with Crippen molar-refractivity contribution in [1.82, 2.24) is 19.5 Å². The van der Waals surface area contributed by atoms with Crippen molar-refractivity contribution in [2.75, 3.05) is 41.8 Å². The van der Waals surface area contributed by atoms with Crippen molar-refractivity contribution in [2.24, 2.45) is 0 Å². The van der Waals surface area contributed by atoms with E-state index in [-0.39, 0.29) is 0 Å². The number of hydrogen-bond donors (Lipinski definition) is 2. The summed E-state index contributed by atoms with van der Waals surface area (Å²) in [7, 11) is 0. The predicted octanol–water partition coefficient (Wildman–Crippen LogP) is 5.52. The van der Waals surface area contributed by atoms with Crippen molar-refractivity contribution in [2.45, 2.75) is 44.7 Å². The molecule has 0 amide bonds. The van der Waals surface area contributed by atoms with Gasteiger partial charge in [-0.05, 0) is 42.7 Å². The number of aromatic nitrogens is 4. The molecule has 2 aromatic heterocycles. The summed E-state index contributed by atoms with van der Waals surface area (Å²) in [6, 6.07) is 19.3. The zero-order valence-electron chi connectivity index (χ0n) is 20.6. The minimum absolute atomic E-state index is 0.446. The number of ether oxygens (including phenoxy) is 1. The molecule has 2 fully saturated rings. The van der Waals surface area contributed by atoms with E-state index in [2.05, 4.69) is 68.6 Å². The maximum absolute atomic E-state index is 5.48. The molecule has 0 atom stereocenters. The summed E-state index contributed by atoms with van der Waals surface area (Å²) in [5.41, 5.74) is 5.08. The number of rotatable bonds is 7. The van der Waals surface area contributed by atoms with Gasteiger partial charge in [-0.25, -0.2) is 4.98 Å². The van der Waals surface area contributed by atoms with Crippen LogP contribution in [-0.4, -0.2) is 45.8 Å². The first-order valence-corrected chi connectivity index (χ1v) is 13.1. The number of morpholine rings is 1. The van der Waals surface area contributed by atoms with Gasteiger partial charge in [0.25, 0.3) is 0 Å². The van der Waals surface area contributed by atoms with E-state index in [1.165, 1.54) is 43.4 Å². The second kappa shape index (κ2) is 10.5. The van der Waals surface area contributed by atoms with E-state index >= 15 is 0 Å². The molecule has 0 unspecified atom stereocenters. The minimum atomic E-state index is 0.446. The van der Waals surface area contributed by atoms with Crippen LogP contribution in [0.25, 0.3) is 11.2 Å². The van der Waals surface area contributed by atoms with Gasteiger partial charge < -0.3 is 24.8 Å². The lowest BCUT2D eigenvalue weighted by atomic mass is 9.95. The van der Waals surface area contributed by atoms with Crippen LogP contribution in [0, 0.1) is 0 Å². The lowest BCUT2D eigenvalue weighted by Gasteiger charge is -2.28. The molecule has 3 heterocycles. The van der Waals surface area contributed by atoms with E-state index in [1.807, 2.05) is 12.4 Å². The van der Waals surface area contributed by atoms with E-state index in [0.29, 0.717) is 18.5 Å². The summed E-state index contributed by atoms with van der Waals surface area (Å²) >= 11 is 0. The topological polar surface area (TPSA) is 80.1 Å². The van der Waals surface area contributed by atoms with Gasteiger partial charge in [-0.15, -0.1) is 0 Å². The quantitative estimate of drug-likeness (QED) is 0.358. The van der Waals surface area contributed by atoms with Crippen molar-refractivity contribution in [3.05, 3.63) is 66.5 Å². The molecule has 4 aromatic rings. The van der Waals surface area contributed by atoms with Crippen molar-refractivity contribution in [3.63, 3.8) is 0 Å². The van der Waals surface area contributed by atoms with Gasteiger partial charge in [-0.1, -0.05) is 49.6 Å². The molecule has 6 rings (SSSR count). The van der Waals surface area contributed by atoms with Gasteiger partial charge in [0.2, 0.25) is 5.95 Å². The Bertz CT molecular complexity index is 1280. The van der Waals surface area contributed by atoms with E-state index < -0.39 is 0 Å². The maximum Gasteiger partial charge on any atom is 0.231 e. The molecule has 2 aliphatic rings. The van der Waals surface area contributed by atoms with Crippen molar-refractivity contribution in [3.8, 4) is 0 Å². The molecule has 1 saturated heterocycles. The van der Waals surface area contributed by atoms with Crippen LogP contribution < -0.4 is 15.5 Å². The third-order valence-corrected chi connectivity index (χ3v) is 7.19. The molecule has 186 valence electrons. The third-order valence-electron chi connectivity index (χ3n) is 7.19. The fraction of sp³-hybridized carbons (Fsp3) is 0.393. The average Bonchev–Trinajstić information content (AvgIpc) is 3.38. The van der Waals surface area contributed by atoms with Crippen molar-refractivity contribution in [1.29, 1.82) is 0 Å². The number of benzene rings is 2. The molecule has 2 aromatic carbocycles. The Morgan fingerprint density at radius 3 is 2.44 bits per heavy atom. The standard InChI is InChI=1S/C28H33N7O/c1-3-7-21(8-4-1)19-29-26-25-27(35(20-30-25)24-9-5-2-6-10-24)33-28(32-26)31-22-11-13-23(14-12-22)34-15-17-36-18-16-34/h1,3-4,7-8,11-14,20,24H,2,5-6,9-10,15-19H2,(H2,29,31,32,33). The predicted molar refractivity (Wildman–Crippen MR) is 144 cm³/mol. The Kier molecular flexibility index (Phi) is 6.67.